The van der Waals surface area contributed by atoms with Crippen LogP contribution in [0.5, 0.6) is 0 Å². The molecule has 4 nitrogen and oxygen atoms in total. The summed E-state index contributed by atoms with van der Waals surface area (Å²) in [4.78, 5) is 8.15. The van der Waals surface area contributed by atoms with Crippen LogP contribution in [0.25, 0.3) is 5.82 Å². The zero-order chi connectivity index (χ0) is 9.26. The summed E-state index contributed by atoms with van der Waals surface area (Å²) in [5.41, 5.74) is 0. The van der Waals surface area contributed by atoms with Crippen LogP contribution in [-0.4, -0.2) is 14.6 Å². The lowest BCUT2D eigenvalue weighted by Crippen LogP contribution is -2.37. The minimum Gasteiger partial charge on any atom is -0.244 e. The van der Waals surface area contributed by atoms with Crippen LogP contribution in [0.2, 0.25) is 0 Å². The first-order valence-corrected chi connectivity index (χ1v) is 4.86. The molecular formula is C8H8IN4+. The number of hydrogen-bond acceptors (Lipinski definition) is 2. The minimum absolute atomic E-state index is 0.906. The van der Waals surface area contributed by atoms with Gasteiger partial charge in [-0.1, -0.05) is 0 Å². The van der Waals surface area contributed by atoms with Crippen LogP contribution in [-0.2, 0) is 7.05 Å². The molecule has 2 heterocycles. The summed E-state index contributed by atoms with van der Waals surface area (Å²) in [7, 11) is 1.97. The van der Waals surface area contributed by atoms with Gasteiger partial charge in [0.2, 0.25) is 5.82 Å². The quantitative estimate of drug-likeness (QED) is 0.571. The fraction of sp³-hybridized carbons (Fsp3) is 0.125. The van der Waals surface area contributed by atoms with Crippen molar-refractivity contribution in [3.8, 4) is 5.82 Å². The van der Waals surface area contributed by atoms with E-state index in [-0.39, 0.29) is 0 Å². The molecule has 0 unspecified atom stereocenters. The SMILES string of the molecule is C[n+]1cccn1-c1ncncc1I. The van der Waals surface area contributed by atoms with Crippen molar-refractivity contribution in [3.05, 3.63) is 34.6 Å². The zero-order valence-corrected chi connectivity index (χ0v) is 9.21. The third kappa shape index (κ3) is 1.55. The van der Waals surface area contributed by atoms with Gasteiger partial charge in [-0.25, -0.2) is 9.97 Å². The van der Waals surface area contributed by atoms with Crippen molar-refractivity contribution in [1.29, 1.82) is 0 Å². The second kappa shape index (κ2) is 3.41. The molecule has 0 bridgehead atoms. The minimum atomic E-state index is 0.906. The van der Waals surface area contributed by atoms with Gasteiger partial charge in [0.05, 0.1) is 9.77 Å². The average molecular weight is 287 g/mol. The smallest absolute Gasteiger partial charge is 0.209 e. The monoisotopic (exact) mass is 287 g/mol. The third-order valence-electron chi connectivity index (χ3n) is 1.73. The Bertz CT molecular complexity index is 424. The molecule has 0 saturated carbocycles. The molecule has 0 N–H and O–H groups in total. The van der Waals surface area contributed by atoms with E-state index in [0.29, 0.717) is 0 Å². The number of hydrogen-bond donors (Lipinski definition) is 0. The highest BCUT2D eigenvalue weighted by molar-refractivity contribution is 14.1. The fourth-order valence-electron chi connectivity index (χ4n) is 1.12. The molecule has 0 spiro atoms. The zero-order valence-electron chi connectivity index (χ0n) is 7.05. The summed E-state index contributed by atoms with van der Waals surface area (Å²) in [6, 6.07) is 1.97. The Labute approximate surface area is 89.4 Å². The molecular weight excluding hydrogens is 279 g/mol. The Balaban J connectivity index is 2.59. The molecule has 2 aromatic rings. The Kier molecular flexibility index (Phi) is 2.26. The summed E-state index contributed by atoms with van der Waals surface area (Å²) in [6.07, 6.45) is 7.28. The molecule has 0 fully saturated rings. The predicted octanol–water partition coefficient (Wildman–Crippen LogP) is 0.696. The van der Waals surface area contributed by atoms with Gasteiger partial charge in [0.15, 0.2) is 13.2 Å². The lowest BCUT2D eigenvalue weighted by Gasteiger charge is -1.99. The maximum atomic E-state index is 4.21. The molecule has 0 aromatic carbocycles. The van der Waals surface area contributed by atoms with E-state index in [1.807, 2.05) is 34.9 Å². The molecule has 0 radical (unpaired) electrons. The van der Waals surface area contributed by atoms with E-state index < -0.39 is 0 Å². The van der Waals surface area contributed by atoms with E-state index in [9.17, 15) is 0 Å². The third-order valence-corrected chi connectivity index (χ3v) is 2.50. The maximum absolute atomic E-state index is 4.21. The van der Waals surface area contributed by atoms with Crippen LogP contribution >= 0.6 is 22.6 Å². The normalized spacial score (nSPS) is 10.3. The van der Waals surface area contributed by atoms with Crippen molar-refractivity contribution in [3.63, 3.8) is 0 Å². The second-order valence-electron chi connectivity index (χ2n) is 2.60. The van der Waals surface area contributed by atoms with Gasteiger partial charge >= 0.3 is 0 Å². The Morgan fingerprint density at radius 2 is 2.38 bits per heavy atom. The van der Waals surface area contributed by atoms with Crippen molar-refractivity contribution in [2.24, 2.45) is 7.05 Å². The highest BCUT2D eigenvalue weighted by Gasteiger charge is 2.09. The van der Waals surface area contributed by atoms with Crippen molar-refractivity contribution in [2.75, 3.05) is 0 Å². The summed E-state index contributed by atoms with van der Waals surface area (Å²) in [5, 5.41) is 0. The molecule has 0 amide bonds. The Morgan fingerprint density at radius 1 is 1.54 bits per heavy atom. The van der Waals surface area contributed by atoms with Gasteiger partial charge in [0.1, 0.15) is 6.33 Å². The van der Waals surface area contributed by atoms with Crippen LogP contribution in [0.15, 0.2) is 31.0 Å². The largest absolute Gasteiger partial charge is 0.244 e. The van der Waals surface area contributed by atoms with Gasteiger partial charge in [-0.15, -0.1) is 9.36 Å². The van der Waals surface area contributed by atoms with Crippen molar-refractivity contribution in [2.45, 2.75) is 0 Å². The van der Waals surface area contributed by atoms with Crippen molar-refractivity contribution < 1.29 is 4.68 Å². The molecule has 66 valence electrons. The van der Waals surface area contributed by atoms with Crippen LogP contribution < -0.4 is 4.68 Å². The standard InChI is InChI=1S/C8H8IN4/c1-12-3-2-4-13(12)8-7(9)5-10-6-11-8/h2-6H,1H3/q+1. The number of aryl methyl sites for hydroxylation is 1. The van der Waals surface area contributed by atoms with E-state index in [0.717, 1.165) is 9.39 Å². The topological polar surface area (TPSA) is 34.6 Å². The highest BCUT2D eigenvalue weighted by atomic mass is 127. The first-order valence-electron chi connectivity index (χ1n) is 3.78. The van der Waals surface area contributed by atoms with Gasteiger partial charge in [0, 0.05) is 12.3 Å². The molecule has 13 heavy (non-hydrogen) atoms. The molecule has 5 heteroatoms. The van der Waals surface area contributed by atoms with E-state index in [1.54, 1.807) is 12.5 Å². The van der Waals surface area contributed by atoms with Crippen LogP contribution in [0.4, 0.5) is 0 Å². The van der Waals surface area contributed by atoms with Crippen molar-refractivity contribution in [1.82, 2.24) is 14.6 Å². The molecule has 0 atom stereocenters. The molecule has 2 rings (SSSR count). The molecule has 2 aromatic heterocycles. The molecule has 0 aliphatic heterocycles. The van der Waals surface area contributed by atoms with Gasteiger partial charge in [-0.2, -0.15) is 0 Å². The predicted molar refractivity (Wildman–Crippen MR) is 55.3 cm³/mol. The van der Waals surface area contributed by atoms with Crippen LogP contribution in [0.3, 0.4) is 0 Å². The lowest BCUT2D eigenvalue weighted by atomic mass is 10.6. The molecule has 0 aliphatic rings. The van der Waals surface area contributed by atoms with E-state index >= 15 is 0 Å². The molecule has 0 aliphatic carbocycles. The van der Waals surface area contributed by atoms with Crippen molar-refractivity contribution >= 4 is 22.6 Å². The lowest BCUT2D eigenvalue weighted by molar-refractivity contribution is -0.744. The summed E-state index contributed by atoms with van der Waals surface area (Å²) >= 11 is 2.22. The summed E-state index contributed by atoms with van der Waals surface area (Å²) in [6.45, 7) is 0. The second-order valence-corrected chi connectivity index (χ2v) is 3.77. The number of rotatable bonds is 1. The number of nitrogens with zero attached hydrogens (tertiary/aromatic N) is 4. The summed E-state index contributed by atoms with van der Waals surface area (Å²) in [5.74, 6) is 0.906. The first-order chi connectivity index (χ1) is 6.29. The first kappa shape index (κ1) is 8.61. The average Bonchev–Trinajstić information content (AvgIpc) is 2.52. The fourth-order valence-corrected chi connectivity index (χ4v) is 1.66. The Hall–Kier alpha value is -0.980. The highest BCUT2D eigenvalue weighted by Crippen LogP contribution is 2.09. The molecule has 0 saturated heterocycles. The number of aromatic nitrogens is 4. The maximum Gasteiger partial charge on any atom is 0.209 e. The van der Waals surface area contributed by atoms with E-state index in [4.69, 9.17) is 0 Å². The van der Waals surface area contributed by atoms with Gasteiger partial charge < -0.3 is 0 Å². The summed E-state index contributed by atoms with van der Waals surface area (Å²) < 4.78 is 4.96. The van der Waals surface area contributed by atoms with Gasteiger partial charge in [-0.05, 0) is 22.6 Å². The van der Waals surface area contributed by atoms with Gasteiger partial charge in [-0.3, -0.25) is 0 Å². The van der Waals surface area contributed by atoms with E-state index in [2.05, 4.69) is 32.6 Å². The Morgan fingerprint density at radius 3 is 3.00 bits per heavy atom. The van der Waals surface area contributed by atoms with E-state index in [1.165, 1.54) is 0 Å². The van der Waals surface area contributed by atoms with Crippen LogP contribution in [0, 0.1) is 3.57 Å². The van der Waals surface area contributed by atoms with Gasteiger partial charge in [0.25, 0.3) is 0 Å². The number of halogens is 1. The van der Waals surface area contributed by atoms with Crippen LogP contribution in [0.1, 0.15) is 0 Å².